The summed E-state index contributed by atoms with van der Waals surface area (Å²) >= 11 is 0. The predicted octanol–water partition coefficient (Wildman–Crippen LogP) is 1.98. The van der Waals surface area contributed by atoms with E-state index in [0.29, 0.717) is 12.4 Å². The van der Waals surface area contributed by atoms with Gasteiger partial charge in [0.05, 0.1) is 6.20 Å². The third-order valence-corrected chi connectivity index (χ3v) is 3.34. The van der Waals surface area contributed by atoms with Crippen LogP contribution < -0.4 is 10.6 Å². The zero-order chi connectivity index (χ0) is 16.6. The van der Waals surface area contributed by atoms with E-state index in [1.807, 2.05) is 0 Å². The normalized spacial score (nSPS) is 12.8. The fraction of sp³-hybridized carbons (Fsp3) is 0.750. The van der Waals surface area contributed by atoms with Crippen LogP contribution in [0.4, 0.5) is 0 Å². The molecule has 22 heavy (non-hydrogen) atoms. The van der Waals surface area contributed by atoms with Crippen molar-refractivity contribution in [3.05, 3.63) is 17.8 Å². The van der Waals surface area contributed by atoms with E-state index in [9.17, 15) is 0 Å². The summed E-state index contributed by atoms with van der Waals surface area (Å²) in [5, 5.41) is 6.55. The van der Waals surface area contributed by atoms with Crippen molar-refractivity contribution in [2.24, 2.45) is 4.99 Å². The van der Waals surface area contributed by atoms with E-state index in [4.69, 9.17) is 4.42 Å². The average Bonchev–Trinajstić information content (AvgIpc) is 2.93. The maximum atomic E-state index is 5.75. The summed E-state index contributed by atoms with van der Waals surface area (Å²) in [6, 6.07) is 0. The Morgan fingerprint density at radius 3 is 2.59 bits per heavy atom. The van der Waals surface area contributed by atoms with Crippen LogP contribution in [0.5, 0.6) is 0 Å². The molecule has 0 aliphatic rings. The first kappa shape index (κ1) is 18.5. The maximum Gasteiger partial charge on any atom is 0.216 e. The van der Waals surface area contributed by atoms with Gasteiger partial charge in [-0.3, -0.25) is 0 Å². The lowest BCUT2D eigenvalue weighted by Gasteiger charge is -2.16. The summed E-state index contributed by atoms with van der Waals surface area (Å²) in [5.41, 5.74) is -0.0253. The first-order valence-corrected chi connectivity index (χ1v) is 8.02. The molecule has 0 saturated heterocycles. The van der Waals surface area contributed by atoms with Gasteiger partial charge in [-0.25, -0.2) is 9.98 Å². The Morgan fingerprint density at radius 2 is 2.05 bits per heavy atom. The van der Waals surface area contributed by atoms with E-state index < -0.39 is 0 Å². The molecule has 0 aliphatic heterocycles. The molecule has 0 radical (unpaired) electrons. The molecule has 1 aromatic rings. The number of hydrogen-bond donors (Lipinski definition) is 2. The van der Waals surface area contributed by atoms with Gasteiger partial charge in [-0.05, 0) is 20.5 Å². The lowest BCUT2D eigenvalue weighted by molar-refractivity contribution is 0.357. The lowest BCUT2D eigenvalue weighted by atomic mass is 9.94. The average molecular weight is 309 g/mol. The summed E-state index contributed by atoms with van der Waals surface area (Å²) in [6.07, 6.45) is 1.79. The molecule has 6 nitrogen and oxygen atoms in total. The summed E-state index contributed by atoms with van der Waals surface area (Å²) < 4.78 is 5.75. The predicted molar refractivity (Wildman–Crippen MR) is 91.2 cm³/mol. The number of aliphatic imine (C=N–C) groups is 1. The monoisotopic (exact) mass is 309 g/mol. The van der Waals surface area contributed by atoms with E-state index in [1.165, 1.54) is 0 Å². The molecule has 2 N–H and O–H groups in total. The summed E-state index contributed by atoms with van der Waals surface area (Å²) in [4.78, 5) is 11.1. The Balaban J connectivity index is 2.56. The number of guanidine groups is 1. The van der Waals surface area contributed by atoms with Crippen molar-refractivity contribution in [2.45, 2.75) is 46.6 Å². The summed E-state index contributed by atoms with van der Waals surface area (Å²) in [6.45, 7) is 14.7. The van der Waals surface area contributed by atoms with Crippen molar-refractivity contribution < 1.29 is 4.42 Å². The van der Waals surface area contributed by atoms with Crippen LogP contribution in [0, 0.1) is 0 Å². The number of hydrogen-bond acceptors (Lipinski definition) is 4. The van der Waals surface area contributed by atoms with Crippen LogP contribution in [0.15, 0.2) is 15.6 Å². The van der Waals surface area contributed by atoms with Crippen molar-refractivity contribution in [2.75, 3.05) is 33.2 Å². The molecule has 0 amide bonds. The molecule has 0 atom stereocenters. The van der Waals surface area contributed by atoms with Crippen LogP contribution in [0.25, 0.3) is 0 Å². The molecule has 1 aromatic heterocycles. The van der Waals surface area contributed by atoms with Crippen LogP contribution in [-0.4, -0.2) is 49.1 Å². The molecule has 0 aromatic carbocycles. The number of rotatable bonds is 7. The third kappa shape index (κ3) is 6.47. The highest BCUT2D eigenvalue weighted by Gasteiger charge is 2.18. The van der Waals surface area contributed by atoms with Crippen molar-refractivity contribution in [1.82, 2.24) is 20.5 Å². The van der Waals surface area contributed by atoms with Gasteiger partial charge in [0.15, 0.2) is 5.96 Å². The van der Waals surface area contributed by atoms with Crippen molar-refractivity contribution in [3.8, 4) is 0 Å². The van der Waals surface area contributed by atoms with Gasteiger partial charge < -0.3 is 20.0 Å². The Bertz CT molecular complexity index is 461. The van der Waals surface area contributed by atoms with E-state index >= 15 is 0 Å². The molecule has 0 unspecified atom stereocenters. The minimum Gasteiger partial charge on any atom is -0.443 e. The van der Waals surface area contributed by atoms with Crippen LogP contribution in [-0.2, 0) is 12.0 Å². The fourth-order valence-electron chi connectivity index (χ4n) is 1.74. The van der Waals surface area contributed by atoms with E-state index in [-0.39, 0.29) is 5.41 Å². The third-order valence-electron chi connectivity index (χ3n) is 3.34. The maximum absolute atomic E-state index is 5.75. The molecule has 0 saturated carbocycles. The molecule has 1 heterocycles. The summed E-state index contributed by atoms with van der Waals surface area (Å²) in [7, 11) is 2.10. The fourth-order valence-corrected chi connectivity index (χ4v) is 1.74. The second-order valence-corrected chi connectivity index (χ2v) is 6.39. The standard InChI is InChI=1S/C16H31N5O/c1-7-17-15(18-9-10-21(6)8-2)20-12-14-19-11-13(22-14)16(3,4)5/h11H,7-10,12H2,1-6H3,(H2,17,18,20). The minimum absolute atomic E-state index is 0.0253. The number of likely N-dealkylation sites (N-methyl/N-ethyl adjacent to an activating group) is 1. The highest BCUT2D eigenvalue weighted by Crippen LogP contribution is 2.22. The highest BCUT2D eigenvalue weighted by molar-refractivity contribution is 5.79. The van der Waals surface area contributed by atoms with Gasteiger partial charge in [-0.1, -0.05) is 27.7 Å². The second kappa shape index (κ2) is 8.78. The molecular formula is C16H31N5O. The molecule has 1 rings (SSSR count). The SMILES string of the molecule is CCNC(=NCc1ncc(C(C)(C)C)o1)NCCN(C)CC. The van der Waals surface area contributed by atoms with Gasteiger partial charge in [-0.2, -0.15) is 0 Å². The van der Waals surface area contributed by atoms with Crippen LogP contribution in [0.1, 0.15) is 46.3 Å². The van der Waals surface area contributed by atoms with Gasteiger partial charge in [0, 0.05) is 25.0 Å². The van der Waals surface area contributed by atoms with Crippen LogP contribution in [0.2, 0.25) is 0 Å². The Hall–Kier alpha value is -1.56. The van der Waals surface area contributed by atoms with Crippen molar-refractivity contribution >= 4 is 5.96 Å². The van der Waals surface area contributed by atoms with E-state index in [0.717, 1.165) is 37.9 Å². The quantitative estimate of drug-likeness (QED) is 0.595. The molecule has 0 aliphatic carbocycles. The second-order valence-electron chi connectivity index (χ2n) is 6.39. The van der Waals surface area contributed by atoms with Gasteiger partial charge in [0.1, 0.15) is 12.3 Å². The van der Waals surface area contributed by atoms with E-state index in [2.05, 4.69) is 67.2 Å². The topological polar surface area (TPSA) is 65.7 Å². The Labute approximate surface area is 134 Å². The van der Waals surface area contributed by atoms with Gasteiger partial charge >= 0.3 is 0 Å². The first-order valence-electron chi connectivity index (χ1n) is 8.02. The molecule has 126 valence electrons. The van der Waals surface area contributed by atoms with Crippen molar-refractivity contribution in [3.63, 3.8) is 0 Å². The molecule has 6 heteroatoms. The molecule has 0 fully saturated rings. The Morgan fingerprint density at radius 1 is 1.32 bits per heavy atom. The number of oxazole rings is 1. The number of aromatic nitrogens is 1. The number of nitrogens with zero attached hydrogens (tertiary/aromatic N) is 3. The van der Waals surface area contributed by atoms with Gasteiger partial charge in [0.25, 0.3) is 0 Å². The van der Waals surface area contributed by atoms with Crippen LogP contribution >= 0.6 is 0 Å². The first-order chi connectivity index (χ1) is 10.4. The Kier molecular flexibility index (Phi) is 7.38. The lowest BCUT2D eigenvalue weighted by Crippen LogP contribution is -2.40. The number of nitrogens with one attached hydrogen (secondary N) is 2. The minimum atomic E-state index is -0.0253. The zero-order valence-corrected chi connectivity index (χ0v) is 14.9. The summed E-state index contributed by atoms with van der Waals surface area (Å²) in [5.74, 6) is 2.33. The molecule has 0 spiro atoms. The smallest absolute Gasteiger partial charge is 0.216 e. The highest BCUT2D eigenvalue weighted by atomic mass is 16.4. The van der Waals surface area contributed by atoms with E-state index in [1.54, 1.807) is 6.20 Å². The zero-order valence-electron chi connectivity index (χ0n) is 14.9. The van der Waals surface area contributed by atoms with Crippen molar-refractivity contribution in [1.29, 1.82) is 0 Å². The molecule has 0 bridgehead atoms. The largest absolute Gasteiger partial charge is 0.443 e. The van der Waals surface area contributed by atoms with Crippen LogP contribution in [0.3, 0.4) is 0 Å². The molecular weight excluding hydrogens is 278 g/mol. The van der Waals surface area contributed by atoms with Gasteiger partial charge in [-0.15, -0.1) is 0 Å². The van der Waals surface area contributed by atoms with Gasteiger partial charge in [0.2, 0.25) is 5.89 Å².